The van der Waals surface area contributed by atoms with E-state index >= 15 is 0 Å². The van der Waals surface area contributed by atoms with E-state index in [1.807, 2.05) is 42.5 Å². The summed E-state index contributed by atoms with van der Waals surface area (Å²) in [7, 11) is 1.70. The fraction of sp³-hybridized carbons (Fsp3) is 0.346. The average Bonchev–Trinajstić information content (AvgIpc) is 3.44. The minimum Gasteiger partial charge on any atom is -0.496 e. The lowest BCUT2D eigenvalue weighted by atomic mass is 10.0. The van der Waals surface area contributed by atoms with Crippen LogP contribution in [-0.4, -0.2) is 42.1 Å². The van der Waals surface area contributed by atoms with Crippen LogP contribution in [0.2, 0.25) is 0 Å². The van der Waals surface area contributed by atoms with E-state index in [4.69, 9.17) is 4.74 Å². The maximum absolute atomic E-state index is 12.9. The molecule has 1 aromatic heterocycles. The molecule has 2 heterocycles. The van der Waals surface area contributed by atoms with Crippen molar-refractivity contribution in [3.63, 3.8) is 0 Å². The highest BCUT2D eigenvalue weighted by atomic mass is 16.5. The van der Waals surface area contributed by atoms with Crippen LogP contribution in [0.3, 0.4) is 0 Å². The monoisotopic (exact) mass is 417 g/mol. The first-order valence-electron chi connectivity index (χ1n) is 11.0. The van der Waals surface area contributed by atoms with Gasteiger partial charge in [0, 0.05) is 34.7 Å². The van der Waals surface area contributed by atoms with Crippen LogP contribution in [0.1, 0.15) is 46.2 Å². The van der Waals surface area contributed by atoms with Gasteiger partial charge < -0.3 is 14.6 Å². The summed E-state index contributed by atoms with van der Waals surface area (Å²) in [5.74, 6) is 0.821. The van der Waals surface area contributed by atoms with Gasteiger partial charge in [-0.05, 0) is 82.2 Å². The normalized spacial score (nSPS) is 15.1. The highest BCUT2D eigenvalue weighted by Crippen LogP contribution is 2.31. The Hall–Kier alpha value is -3.05. The quantitative estimate of drug-likeness (QED) is 0.608. The van der Waals surface area contributed by atoms with Gasteiger partial charge in [-0.2, -0.15) is 0 Å². The van der Waals surface area contributed by atoms with Crippen LogP contribution < -0.4 is 10.1 Å². The van der Waals surface area contributed by atoms with E-state index in [9.17, 15) is 4.79 Å². The van der Waals surface area contributed by atoms with Gasteiger partial charge in [-0.15, -0.1) is 0 Å². The maximum atomic E-state index is 12.9. The Bertz CT molecular complexity index is 1010. The first-order chi connectivity index (χ1) is 15.1. The molecule has 2 aromatic carbocycles. The molecule has 1 fully saturated rings. The van der Waals surface area contributed by atoms with E-state index in [1.165, 1.54) is 24.2 Å². The van der Waals surface area contributed by atoms with Crippen molar-refractivity contribution in [1.82, 2.24) is 14.8 Å². The molecule has 5 heteroatoms. The number of likely N-dealkylation sites (tertiary alicyclic amines) is 1. The number of hydrogen-bond acceptors (Lipinski definition) is 3. The molecule has 0 radical (unpaired) electrons. The SMILES string of the molecule is COc1ccccc1[C@@H](CNC(=O)c1ccc(-n2c(C)ccc2C)cc1)N1CCCC1. The number of methoxy groups -OCH3 is 1. The summed E-state index contributed by atoms with van der Waals surface area (Å²) in [5, 5.41) is 3.16. The Morgan fingerprint density at radius 2 is 1.61 bits per heavy atom. The summed E-state index contributed by atoms with van der Waals surface area (Å²) in [5.41, 5.74) is 5.23. The van der Waals surface area contributed by atoms with Gasteiger partial charge >= 0.3 is 0 Å². The van der Waals surface area contributed by atoms with Gasteiger partial charge in [0.1, 0.15) is 5.75 Å². The molecule has 3 aromatic rings. The van der Waals surface area contributed by atoms with Gasteiger partial charge in [0.05, 0.1) is 13.2 Å². The molecule has 0 unspecified atom stereocenters. The average molecular weight is 418 g/mol. The molecule has 4 rings (SSSR count). The van der Waals surface area contributed by atoms with Gasteiger partial charge in [0.15, 0.2) is 0 Å². The van der Waals surface area contributed by atoms with Crippen molar-refractivity contribution in [3.05, 3.63) is 83.2 Å². The maximum Gasteiger partial charge on any atom is 0.251 e. The number of aromatic nitrogens is 1. The van der Waals surface area contributed by atoms with Gasteiger partial charge in [-0.1, -0.05) is 18.2 Å². The highest BCUT2D eigenvalue weighted by Gasteiger charge is 2.26. The third-order valence-corrected chi connectivity index (χ3v) is 6.19. The lowest BCUT2D eigenvalue weighted by Gasteiger charge is -2.29. The first kappa shape index (κ1) is 21.2. The van der Waals surface area contributed by atoms with Crippen molar-refractivity contribution >= 4 is 5.91 Å². The van der Waals surface area contributed by atoms with Crippen molar-refractivity contribution in [2.45, 2.75) is 32.7 Å². The molecule has 5 nitrogen and oxygen atoms in total. The third-order valence-electron chi connectivity index (χ3n) is 6.19. The van der Waals surface area contributed by atoms with E-state index in [0.717, 1.165) is 30.1 Å². The fourth-order valence-electron chi connectivity index (χ4n) is 4.56. The zero-order chi connectivity index (χ0) is 21.8. The number of nitrogens with zero attached hydrogens (tertiary/aromatic N) is 2. The van der Waals surface area contributed by atoms with E-state index in [0.29, 0.717) is 12.1 Å². The summed E-state index contributed by atoms with van der Waals surface area (Å²) >= 11 is 0. The molecule has 1 aliphatic heterocycles. The number of aryl methyl sites for hydroxylation is 2. The van der Waals surface area contributed by atoms with Crippen LogP contribution in [0.4, 0.5) is 0 Å². The number of rotatable bonds is 7. The Kier molecular flexibility index (Phi) is 6.42. The molecule has 1 N–H and O–H groups in total. The van der Waals surface area contributed by atoms with Gasteiger partial charge in [-0.25, -0.2) is 0 Å². The number of para-hydroxylation sites is 1. The van der Waals surface area contributed by atoms with Crippen LogP contribution in [0, 0.1) is 13.8 Å². The predicted molar refractivity (Wildman–Crippen MR) is 124 cm³/mol. The minimum atomic E-state index is -0.0494. The molecule has 0 aliphatic carbocycles. The first-order valence-corrected chi connectivity index (χ1v) is 11.0. The predicted octanol–water partition coefficient (Wildman–Crippen LogP) is 4.67. The van der Waals surface area contributed by atoms with Crippen molar-refractivity contribution in [2.75, 3.05) is 26.7 Å². The number of amides is 1. The zero-order valence-electron chi connectivity index (χ0n) is 18.6. The number of carbonyl (C=O) groups excluding carboxylic acids is 1. The second-order valence-electron chi connectivity index (χ2n) is 8.21. The van der Waals surface area contributed by atoms with E-state index in [1.54, 1.807) is 7.11 Å². The van der Waals surface area contributed by atoms with Gasteiger partial charge in [0.25, 0.3) is 5.91 Å². The van der Waals surface area contributed by atoms with Crippen LogP contribution in [-0.2, 0) is 0 Å². The molecule has 1 saturated heterocycles. The molecule has 31 heavy (non-hydrogen) atoms. The van der Waals surface area contributed by atoms with Crippen molar-refractivity contribution < 1.29 is 9.53 Å². The zero-order valence-corrected chi connectivity index (χ0v) is 18.6. The van der Waals surface area contributed by atoms with Crippen molar-refractivity contribution in [3.8, 4) is 11.4 Å². The van der Waals surface area contributed by atoms with E-state index in [2.05, 4.69) is 46.8 Å². The Balaban J connectivity index is 1.49. The molecular weight excluding hydrogens is 386 g/mol. The number of carbonyl (C=O) groups is 1. The summed E-state index contributed by atoms with van der Waals surface area (Å²) in [4.78, 5) is 15.4. The van der Waals surface area contributed by atoms with E-state index in [-0.39, 0.29) is 11.9 Å². The van der Waals surface area contributed by atoms with Crippen LogP contribution >= 0.6 is 0 Å². The molecule has 0 bridgehead atoms. The minimum absolute atomic E-state index is 0.0494. The number of benzene rings is 2. The summed E-state index contributed by atoms with van der Waals surface area (Å²) < 4.78 is 7.79. The molecule has 1 amide bonds. The standard InChI is InChI=1S/C26H31N3O2/c1-19-10-11-20(2)29(19)22-14-12-21(13-15-22)26(30)27-18-24(28-16-6-7-17-28)23-8-4-5-9-25(23)31-3/h4-5,8-15,24H,6-7,16-18H2,1-3H3,(H,27,30)/t24-/m1/s1. The Labute approximate surface area is 184 Å². The van der Waals surface area contributed by atoms with Crippen LogP contribution in [0.5, 0.6) is 5.75 Å². The third kappa shape index (κ3) is 4.52. The molecule has 1 atom stereocenters. The van der Waals surface area contributed by atoms with Gasteiger partial charge in [0.2, 0.25) is 0 Å². The smallest absolute Gasteiger partial charge is 0.251 e. The van der Waals surface area contributed by atoms with Crippen molar-refractivity contribution in [2.24, 2.45) is 0 Å². The molecular formula is C26H31N3O2. The highest BCUT2D eigenvalue weighted by molar-refractivity contribution is 5.94. The Morgan fingerprint density at radius 3 is 2.26 bits per heavy atom. The molecule has 0 saturated carbocycles. The second kappa shape index (κ2) is 9.40. The van der Waals surface area contributed by atoms with Crippen LogP contribution in [0.15, 0.2) is 60.7 Å². The molecule has 162 valence electrons. The molecule has 0 spiro atoms. The Morgan fingerprint density at radius 1 is 0.968 bits per heavy atom. The summed E-state index contributed by atoms with van der Waals surface area (Å²) in [6, 6.07) is 20.2. The van der Waals surface area contributed by atoms with E-state index < -0.39 is 0 Å². The molecule has 1 aliphatic rings. The number of hydrogen-bond donors (Lipinski definition) is 1. The van der Waals surface area contributed by atoms with Crippen molar-refractivity contribution in [1.29, 1.82) is 0 Å². The second-order valence-corrected chi connectivity index (χ2v) is 8.21. The lowest BCUT2D eigenvalue weighted by molar-refractivity contribution is 0.0937. The largest absolute Gasteiger partial charge is 0.496 e. The van der Waals surface area contributed by atoms with Gasteiger partial charge in [-0.3, -0.25) is 9.69 Å². The van der Waals surface area contributed by atoms with Crippen LogP contribution in [0.25, 0.3) is 5.69 Å². The topological polar surface area (TPSA) is 46.5 Å². The summed E-state index contributed by atoms with van der Waals surface area (Å²) in [6.45, 7) is 6.82. The number of nitrogens with one attached hydrogen (secondary N) is 1. The lowest BCUT2D eigenvalue weighted by Crippen LogP contribution is -2.37. The summed E-state index contributed by atoms with van der Waals surface area (Å²) in [6.07, 6.45) is 2.39. The number of ether oxygens (including phenoxy) is 1. The fourth-order valence-corrected chi connectivity index (χ4v) is 4.56.